The Labute approximate surface area is 149 Å². The lowest BCUT2D eigenvalue weighted by atomic mass is 10.2. The average Bonchev–Trinajstić information content (AvgIpc) is 2.64. The summed E-state index contributed by atoms with van der Waals surface area (Å²) in [6.07, 6.45) is 1.10. The van der Waals surface area contributed by atoms with Gasteiger partial charge in [-0.2, -0.15) is 0 Å². The fourth-order valence-corrected chi connectivity index (χ4v) is 2.45. The van der Waals surface area contributed by atoms with E-state index in [4.69, 9.17) is 19.0 Å². The van der Waals surface area contributed by atoms with Gasteiger partial charge in [-0.3, -0.25) is 4.79 Å². The molecule has 0 saturated heterocycles. The molecule has 0 aliphatic rings. The molecule has 2 aromatic carbocycles. The number of ether oxygens (including phenoxy) is 2. The number of aliphatic carboxylic acids is 1. The molecular formula is C20H18O6. The van der Waals surface area contributed by atoms with Crippen molar-refractivity contribution in [3.05, 3.63) is 64.5 Å². The molecule has 0 aliphatic carbocycles. The van der Waals surface area contributed by atoms with Crippen LogP contribution in [0.3, 0.4) is 0 Å². The van der Waals surface area contributed by atoms with Gasteiger partial charge in [0, 0.05) is 6.07 Å². The molecule has 3 aromatic rings. The number of aryl methyl sites for hydroxylation is 1. The van der Waals surface area contributed by atoms with Crippen LogP contribution in [0.2, 0.25) is 0 Å². The average molecular weight is 354 g/mol. The molecule has 0 radical (unpaired) electrons. The van der Waals surface area contributed by atoms with Crippen molar-refractivity contribution in [2.24, 2.45) is 0 Å². The maximum Gasteiger partial charge on any atom is 0.344 e. The topological polar surface area (TPSA) is 86.0 Å². The number of hydrogen-bond donors (Lipinski definition) is 1. The summed E-state index contributed by atoms with van der Waals surface area (Å²) in [5.74, 6) is -0.131. The molecule has 6 nitrogen and oxygen atoms in total. The fourth-order valence-electron chi connectivity index (χ4n) is 2.45. The molecule has 3 rings (SSSR count). The van der Waals surface area contributed by atoms with Crippen LogP contribution in [0.4, 0.5) is 0 Å². The minimum atomic E-state index is -1.08. The van der Waals surface area contributed by atoms with Gasteiger partial charge in [-0.1, -0.05) is 19.1 Å². The summed E-state index contributed by atoms with van der Waals surface area (Å²) < 4.78 is 16.4. The maximum absolute atomic E-state index is 12.6. The quantitative estimate of drug-likeness (QED) is 0.720. The van der Waals surface area contributed by atoms with E-state index in [9.17, 15) is 9.59 Å². The highest BCUT2D eigenvalue weighted by atomic mass is 16.5. The molecule has 1 atom stereocenters. The third kappa shape index (κ3) is 3.69. The van der Waals surface area contributed by atoms with Crippen LogP contribution in [-0.4, -0.2) is 17.2 Å². The Morgan fingerprint density at radius 1 is 1.19 bits per heavy atom. The summed E-state index contributed by atoms with van der Waals surface area (Å²) in [7, 11) is 0. The third-order valence-corrected chi connectivity index (χ3v) is 3.91. The standard InChI is InChI=1S/C20H18O6/c1-3-13-5-4-6-14(9-13)26-18-11-24-17-10-15(25-12(2)20(22)23)7-8-16(17)19(18)21/h4-12H,3H2,1-2H3,(H,22,23). The maximum atomic E-state index is 12.6. The van der Waals surface area contributed by atoms with Gasteiger partial charge in [-0.05, 0) is 43.2 Å². The molecule has 134 valence electrons. The Morgan fingerprint density at radius 3 is 2.73 bits per heavy atom. The lowest BCUT2D eigenvalue weighted by Gasteiger charge is -2.11. The Kier molecular flexibility index (Phi) is 4.93. The Balaban J connectivity index is 1.91. The zero-order chi connectivity index (χ0) is 18.7. The van der Waals surface area contributed by atoms with Crippen molar-refractivity contribution >= 4 is 16.9 Å². The second-order valence-electron chi connectivity index (χ2n) is 5.79. The van der Waals surface area contributed by atoms with E-state index < -0.39 is 12.1 Å². The van der Waals surface area contributed by atoms with E-state index in [-0.39, 0.29) is 11.2 Å². The van der Waals surface area contributed by atoms with E-state index in [1.807, 2.05) is 25.1 Å². The first kappa shape index (κ1) is 17.5. The Morgan fingerprint density at radius 2 is 2.00 bits per heavy atom. The summed E-state index contributed by atoms with van der Waals surface area (Å²) in [4.78, 5) is 23.5. The molecule has 1 N–H and O–H groups in total. The molecule has 6 heteroatoms. The molecule has 26 heavy (non-hydrogen) atoms. The first-order valence-electron chi connectivity index (χ1n) is 8.19. The summed E-state index contributed by atoms with van der Waals surface area (Å²) >= 11 is 0. The van der Waals surface area contributed by atoms with E-state index in [0.717, 1.165) is 12.0 Å². The largest absolute Gasteiger partial charge is 0.479 e. The highest BCUT2D eigenvalue weighted by molar-refractivity contribution is 5.79. The smallest absolute Gasteiger partial charge is 0.344 e. The van der Waals surface area contributed by atoms with Crippen LogP contribution in [0.5, 0.6) is 17.2 Å². The lowest BCUT2D eigenvalue weighted by molar-refractivity contribution is -0.144. The molecule has 0 fully saturated rings. The zero-order valence-corrected chi connectivity index (χ0v) is 14.4. The van der Waals surface area contributed by atoms with E-state index in [0.29, 0.717) is 22.5 Å². The first-order chi connectivity index (χ1) is 12.5. The highest BCUT2D eigenvalue weighted by Crippen LogP contribution is 2.25. The van der Waals surface area contributed by atoms with Gasteiger partial charge in [0.05, 0.1) is 5.39 Å². The summed E-state index contributed by atoms with van der Waals surface area (Å²) in [5, 5.41) is 9.22. The summed E-state index contributed by atoms with van der Waals surface area (Å²) in [5.41, 5.74) is 1.08. The van der Waals surface area contributed by atoms with Gasteiger partial charge in [0.25, 0.3) is 0 Å². The molecular weight excluding hydrogens is 336 g/mol. The summed E-state index contributed by atoms with van der Waals surface area (Å²) in [6.45, 7) is 3.46. The molecule has 0 saturated carbocycles. The predicted octanol–water partition coefficient (Wildman–Crippen LogP) is 4.00. The van der Waals surface area contributed by atoms with Crippen molar-refractivity contribution in [2.45, 2.75) is 26.4 Å². The predicted molar refractivity (Wildman–Crippen MR) is 96.1 cm³/mol. The molecule has 1 aromatic heterocycles. The lowest BCUT2D eigenvalue weighted by Crippen LogP contribution is -2.22. The molecule has 0 aliphatic heterocycles. The molecule has 1 heterocycles. The van der Waals surface area contributed by atoms with Gasteiger partial charge in [0.15, 0.2) is 6.10 Å². The van der Waals surface area contributed by atoms with Crippen LogP contribution in [0, 0.1) is 0 Å². The van der Waals surface area contributed by atoms with Crippen molar-refractivity contribution in [3.8, 4) is 17.2 Å². The number of rotatable bonds is 6. The molecule has 0 bridgehead atoms. The number of carboxylic acids is 1. The van der Waals surface area contributed by atoms with Crippen LogP contribution < -0.4 is 14.9 Å². The van der Waals surface area contributed by atoms with Crippen molar-refractivity contribution in [3.63, 3.8) is 0 Å². The first-order valence-corrected chi connectivity index (χ1v) is 8.19. The number of fused-ring (bicyclic) bond motifs is 1. The SMILES string of the molecule is CCc1cccc(Oc2coc3cc(OC(C)C(=O)O)ccc3c2=O)c1. The van der Waals surface area contributed by atoms with E-state index in [1.54, 1.807) is 6.07 Å². The number of hydrogen-bond acceptors (Lipinski definition) is 5. The van der Waals surface area contributed by atoms with Crippen LogP contribution in [0.1, 0.15) is 19.4 Å². The van der Waals surface area contributed by atoms with Gasteiger partial charge in [0.1, 0.15) is 23.3 Å². The third-order valence-electron chi connectivity index (χ3n) is 3.91. The number of benzene rings is 2. The van der Waals surface area contributed by atoms with Crippen LogP contribution in [0.25, 0.3) is 11.0 Å². The Bertz CT molecular complexity index is 1000. The van der Waals surface area contributed by atoms with Gasteiger partial charge in [-0.15, -0.1) is 0 Å². The van der Waals surface area contributed by atoms with Crippen LogP contribution in [0.15, 0.2) is 57.9 Å². The minimum absolute atomic E-state index is 0.0818. The normalized spacial score (nSPS) is 11.9. The van der Waals surface area contributed by atoms with Gasteiger partial charge >= 0.3 is 5.97 Å². The number of carbonyl (C=O) groups is 1. The van der Waals surface area contributed by atoms with Crippen molar-refractivity contribution in [1.29, 1.82) is 0 Å². The molecule has 1 unspecified atom stereocenters. The van der Waals surface area contributed by atoms with Gasteiger partial charge < -0.3 is 19.0 Å². The number of carboxylic acid groups (broad SMARTS) is 1. The van der Waals surface area contributed by atoms with Crippen LogP contribution in [-0.2, 0) is 11.2 Å². The fraction of sp³-hybridized carbons (Fsp3) is 0.200. The second-order valence-corrected chi connectivity index (χ2v) is 5.79. The zero-order valence-electron chi connectivity index (χ0n) is 14.4. The van der Waals surface area contributed by atoms with Gasteiger partial charge in [-0.25, -0.2) is 4.79 Å². The second kappa shape index (κ2) is 7.31. The highest BCUT2D eigenvalue weighted by Gasteiger charge is 2.14. The van der Waals surface area contributed by atoms with E-state index >= 15 is 0 Å². The van der Waals surface area contributed by atoms with Crippen molar-refractivity contribution in [1.82, 2.24) is 0 Å². The minimum Gasteiger partial charge on any atom is -0.479 e. The Hall–Kier alpha value is -3.28. The van der Waals surface area contributed by atoms with Crippen molar-refractivity contribution < 1.29 is 23.8 Å². The molecule has 0 spiro atoms. The van der Waals surface area contributed by atoms with E-state index in [1.165, 1.54) is 31.4 Å². The molecule has 0 amide bonds. The summed E-state index contributed by atoms with van der Waals surface area (Å²) in [6, 6.07) is 12.0. The van der Waals surface area contributed by atoms with Crippen molar-refractivity contribution in [2.75, 3.05) is 0 Å². The van der Waals surface area contributed by atoms with Gasteiger partial charge in [0.2, 0.25) is 11.2 Å². The van der Waals surface area contributed by atoms with Crippen LogP contribution >= 0.6 is 0 Å². The monoisotopic (exact) mass is 354 g/mol. The van der Waals surface area contributed by atoms with E-state index in [2.05, 4.69) is 0 Å².